The molecule has 0 aliphatic heterocycles. The van der Waals surface area contributed by atoms with Crippen LogP contribution in [0, 0.1) is 0 Å². The molecule has 2 N–H and O–H groups in total. The average Bonchev–Trinajstić information content (AvgIpc) is 2.69. The molecule has 0 spiro atoms. The molecule has 28 heavy (non-hydrogen) atoms. The Morgan fingerprint density at radius 2 is 1.57 bits per heavy atom. The summed E-state index contributed by atoms with van der Waals surface area (Å²) in [6.45, 7) is 0.481. The van der Waals surface area contributed by atoms with Gasteiger partial charge in [-0.1, -0.05) is 30.3 Å². The Morgan fingerprint density at radius 1 is 0.929 bits per heavy atom. The number of alkyl halides is 3. The molecule has 0 aliphatic carbocycles. The molecule has 0 unspecified atom stereocenters. The lowest BCUT2D eigenvalue weighted by Gasteiger charge is -2.09. The van der Waals surface area contributed by atoms with Crippen LogP contribution >= 0.6 is 0 Å². The van der Waals surface area contributed by atoms with Gasteiger partial charge in [0.2, 0.25) is 5.95 Å². The van der Waals surface area contributed by atoms with E-state index in [-0.39, 0.29) is 11.9 Å². The number of benzene rings is 2. The predicted molar refractivity (Wildman–Crippen MR) is 99.2 cm³/mol. The zero-order valence-electron chi connectivity index (χ0n) is 14.7. The minimum absolute atomic E-state index is 0.181. The van der Waals surface area contributed by atoms with E-state index < -0.39 is 11.7 Å². The summed E-state index contributed by atoms with van der Waals surface area (Å²) in [4.78, 5) is 20.2. The highest BCUT2D eigenvalue weighted by molar-refractivity contribution is 5.93. The second-order valence-corrected chi connectivity index (χ2v) is 5.99. The molecule has 1 heterocycles. The van der Waals surface area contributed by atoms with Gasteiger partial charge in [-0.3, -0.25) is 4.79 Å². The Morgan fingerprint density at radius 3 is 2.18 bits per heavy atom. The number of halogens is 3. The Bertz CT molecular complexity index is 911. The second kappa shape index (κ2) is 8.51. The molecule has 2 aromatic carbocycles. The van der Waals surface area contributed by atoms with Crippen LogP contribution in [0.2, 0.25) is 0 Å². The molecule has 1 amide bonds. The normalized spacial score (nSPS) is 11.1. The molecule has 1 aromatic heterocycles. The minimum atomic E-state index is -4.38. The van der Waals surface area contributed by atoms with Crippen molar-refractivity contribution < 1.29 is 18.0 Å². The standard InChI is InChI=1S/C20H17F3N4O/c21-20(22,23)16-6-8-17(9-7-16)27-19-25-12-15(13-26-19)18(28)24-11-10-14-4-2-1-3-5-14/h1-9,12-13H,10-11H2,(H,24,28)(H,25,26,27). The fraction of sp³-hybridized carbons (Fsp3) is 0.150. The molecular weight excluding hydrogens is 369 g/mol. The Hall–Kier alpha value is -3.42. The summed E-state index contributed by atoms with van der Waals surface area (Å²) in [5.74, 6) is -0.113. The summed E-state index contributed by atoms with van der Waals surface area (Å²) in [7, 11) is 0. The molecule has 0 saturated carbocycles. The van der Waals surface area contributed by atoms with Gasteiger partial charge in [-0.25, -0.2) is 9.97 Å². The van der Waals surface area contributed by atoms with E-state index in [2.05, 4.69) is 20.6 Å². The number of carbonyl (C=O) groups excluding carboxylic acids is 1. The van der Waals surface area contributed by atoms with Crippen LogP contribution in [-0.2, 0) is 12.6 Å². The van der Waals surface area contributed by atoms with E-state index in [1.54, 1.807) is 0 Å². The number of hydrogen-bond acceptors (Lipinski definition) is 4. The molecular formula is C20H17F3N4O. The van der Waals surface area contributed by atoms with Gasteiger partial charge in [0, 0.05) is 24.6 Å². The van der Waals surface area contributed by atoms with Crippen molar-refractivity contribution in [3.8, 4) is 0 Å². The van der Waals surface area contributed by atoms with E-state index in [4.69, 9.17) is 0 Å². The van der Waals surface area contributed by atoms with E-state index in [9.17, 15) is 18.0 Å². The fourth-order valence-electron chi connectivity index (χ4n) is 2.45. The summed E-state index contributed by atoms with van der Waals surface area (Å²) in [6, 6.07) is 14.3. The molecule has 5 nitrogen and oxygen atoms in total. The molecule has 0 atom stereocenters. The third-order valence-corrected chi connectivity index (χ3v) is 3.92. The summed E-state index contributed by atoms with van der Waals surface area (Å²) in [5.41, 5.74) is 1.09. The fourth-order valence-corrected chi connectivity index (χ4v) is 2.45. The number of amides is 1. The third kappa shape index (κ3) is 5.29. The molecule has 0 bridgehead atoms. The maximum Gasteiger partial charge on any atom is 0.416 e. The Labute approximate surface area is 159 Å². The smallest absolute Gasteiger partial charge is 0.352 e. The first-order chi connectivity index (χ1) is 13.4. The van der Waals surface area contributed by atoms with Crippen LogP contribution in [-0.4, -0.2) is 22.4 Å². The van der Waals surface area contributed by atoms with Gasteiger partial charge in [-0.2, -0.15) is 13.2 Å². The molecule has 3 aromatic rings. The quantitative estimate of drug-likeness (QED) is 0.666. The average molecular weight is 386 g/mol. The van der Waals surface area contributed by atoms with Crippen LogP contribution in [0.3, 0.4) is 0 Å². The number of carbonyl (C=O) groups is 1. The highest BCUT2D eigenvalue weighted by atomic mass is 19.4. The third-order valence-electron chi connectivity index (χ3n) is 3.92. The molecule has 0 saturated heterocycles. The lowest BCUT2D eigenvalue weighted by Crippen LogP contribution is -2.26. The van der Waals surface area contributed by atoms with Crippen molar-refractivity contribution in [2.24, 2.45) is 0 Å². The molecule has 0 aliphatic rings. The summed E-state index contributed by atoms with van der Waals surface area (Å²) in [6.07, 6.45) is -0.958. The number of rotatable bonds is 6. The second-order valence-electron chi connectivity index (χ2n) is 5.99. The molecule has 3 rings (SSSR count). The van der Waals surface area contributed by atoms with Crippen molar-refractivity contribution in [1.82, 2.24) is 15.3 Å². The van der Waals surface area contributed by atoms with Gasteiger partial charge < -0.3 is 10.6 Å². The van der Waals surface area contributed by atoms with E-state index in [1.165, 1.54) is 24.5 Å². The van der Waals surface area contributed by atoms with Crippen LogP contribution in [0.4, 0.5) is 24.8 Å². The maximum absolute atomic E-state index is 12.6. The van der Waals surface area contributed by atoms with Gasteiger partial charge in [0.15, 0.2) is 0 Å². The lowest BCUT2D eigenvalue weighted by atomic mass is 10.1. The molecule has 0 fully saturated rings. The van der Waals surface area contributed by atoms with E-state index in [0.29, 0.717) is 24.2 Å². The van der Waals surface area contributed by atoms with Gasteiger partial charge >= 0.3 is 6.18 Å². The molecule has 144 valence electrons. The summed E-state index contributed by atoms with van der Waals surface area (Å²) in [5, 5.41) is 5.58. The van der Waals surface area contributed by atoms with Crippen molar-refractivity contribution in [1.29, 1.82) is 0 Å². The highest BCUT2D eigenvalue weighted by Crippen LogP contribution is 2.30. The van der Waals surface area contributed by atoms with Gasteiger partial charge in [0.05, 0.1) is 11.1 Å². The van der Waals surface area contributed by atoms with Crippen LogP contribution < -0.4 is 10.6 Å². The first-order valence-electron chi connectivity index (χ1n) is 8.50. The summed E-state index contributed by atoms with van der Waals surface area (Å²) < 4.78 is 37.7. The number of nitrogens with one attached hydrogen (secondary N) is 2. The van der Waals surface area contributed by atoms with Crippen molar-refractivity contribution in [2.75, 3.05) is 11.9 Å². The van der Waals surface area contributed by atoms with Crippen molar-refractivity contribution in [2.45, 2.75) is 12.6 Å². The van der Waals surface area contributed by atoms with Crippen molar-refractivity contribution in [3.63, 3.8) is 0 Å². The van der Waals surface area contributed by atoms with Gasteiger partial charge in [-0.15, -0.1) is 0 Å². The zero-order chi connectivity index (χ0) is 20.0. The minimum Gasteiger partial charge on any atom is -0.352 e. The molecule has 0 radical (unpaired) electrons. The van der Waals surface area contributed by atoms with Crippen LogP contribution in [0.1, 0.15) is 21.5 Å². The van der Waals surface area contributed by atoms with Gasteiger partial charge in [-0.05, 0) is 36.2 Å². The maximum atomic E-state index is 12.6. The predicted octanol–water partition coefficient (Wildman–Crippen LogP) is 4.21. The highest BCUT2D eigenvalue weighted by Gasteiger charge is 2.29. The van der Waals surface area contributed by atoms with E-state index >= 15 is 0 Å². The summed E-state index contributed by atoms with van der Waals surface area (Å²) >= 11 is 0. The monoisotopic (exact) mass is 386 g/mol. The number of nitrogens with zero attached hydrogens (tertiary/aromatic N) is 2. The molecule has 8 heteroatoms. The van der Waals surface area contributed by atoms with Crippen LogP contribution in [0.25, 0.3) is 0 Å². The Balaban J connectivity index is 1.53. The van der Waals surface area contributed by atoms with Crippen LogP contribution in [0.5, 0.6) is 0 Å². The van der Waals surface area contributed by atoms with Gasteiger partial charge in [0.1, 0.15) is 0 Å². The Kier molecular flexibility index (Phi) is 5.88. The first-order valence-corrected chi connectivity index (χ1v) is 8.50. The zero-order valence-corrected chi connectivity index (χ0v) is 14.7. The van der Waals surface area contributed by atoms with Gasteiger partial charge in [0.25, 0.3) is 5.91 Å². The van der Waals surface area contributed by atoms with E-state index in [0.717, 1.165) is 17.7 Å². The first kappa shape index (κ1) is 19.3. The lowest BCUT2D eigenvalue weighted by molar-refractivity contribution is -0.137. The number of anilines is 2. The SMILES string of the molecule is O=C(NCCc1ccccc1)c1cnc(Nc2ccc(C(F)(F)F)cc2)nc1. The number of hydrogen-bond donors (Lipinski definition) is 2. The van der Waals surface area contributed by atoms with Crippen LogP contribution in [0.15, 0.2) is 67.0 Å². The van der Waals surface area contributed by atoms with E-state index in [1.807, 2.05) is 30.3 Å². The van der Waals surface area contributed by atoms with Crippen molar-refractivity contribution in [3.05, 3.63) is 83.7 Å². The largest absolute Gasteiger partial charge is 0.416 e. The topological polar surface area (TPSA) is 66.9 Å². The number of aromatic nitrogens is 2. The van der Waals surface area contributed by atoms with Crippen molar-refractivity contribution >= 4 is 17.5 Å².